The van der Waals surface area contributed by atoms with E-state index in [1.54, 1.807) is 7.11 Å². The number of ether oxygens (including phenoxy) is 7. The zero-order valence-corrected chi connectivity index (χ0v) is 31.6. The summed E-state index contributed by atoms with van der Waals surface area (Å²) in [5, 5.41) is 0. The molecule has 47 heavy (non-hydrogen) atoms. The van der Waals surface area contributed by atoms with Gasteiger partial charge in [-0.2, -0.15) is 0 Å². The highest BCUT2D eigenvalue weighted by molar-refractivity contribution is 8.22. The predicted octanol–water partition coefficient (Wildman–Crippen LogP) is 8.49. The third kappa shape index (κ3) is 7.68. The van der Waals surface area contributed by atoms with E-state index in [9.17, 15) is 9.59 Å². The van der Waals surface area contributed by atoms with E-state index in [2.05, 4.69) is 53.7 Å². The fourth-order valence-electron chi connectivity index (χ4n) is 9.41. The molecule has 0 aromatic heterocycles. The lowest BCUT2D eigenvalue weighted by Crippen LogP contribution is -2.54. The number of hydrogen-bond donors (Lipinski definition) is 0. The lowest BCUT2D eigenvalue weighted by molar-refractivity contribution is -0.159. The molecule has 0 spiro atoms. The highest BCUT2D eigenvalue weighted by Crippen LogP contribution is 2.66. The minimum atomic E-state index is -0.729. The fourth-order valence-corrected chi connectivity index (χ4v) is 9.74. The van der Waals surface area contributed by atoms with Crippen LogP contribution < -0.4 is 0 Å². The Balaban J connectivity index is 1.57. The van der Waals surface area contributed by atoms with Gasteiger partial charge in [0.1, 0.15) is 30.7 Å². The van der Waals surface area contributed by atoms with Crippen LogP contribution in [0.25, 0.3) is 0 Å². The molecule has 0 radical (unpaired) electrons. The smallest absolute Gasteiger partial charge is 0.472 e. The van der Waals surface area contributed by atoms with Gasteiger partial charge < -0.3 is 33.2 Å². The van der Waals surface area contributed by atoms with Crippen LogP contribution in [-0.2, 0) is 33.2 Å². The van der Waals surface area contributed by atoms with E-state index in [4.69, 9.17) is 45.4 Å². The van der Waals surface area contributed by atoms with Gasteiger partial charge in [-0.1, -0.05) is 62.8 Å². The molecular weight excluding hydrogens is 641 g/mol. The van der Waals surface area contributed by atoms with E-state index in [0.29, 0.717) is 40.9 Å². The Bertz CT molecular complexity index is 1220. The Morgan fingerprint density at radius 2 is 1.70 bits per heavy atom. The molecule has 266 valence electrons. The Morgan fingerprint density at radius 1 is 1.02 bits per heavy atom. The average molecular weight is 697 g/mol. The molecule has 0 aromatic carbocycles. The maximum Gasteiger partial charge on any atom is 0.508 e. The van der Waals surface area contributed by atoms with Crippen molar-refractivity contribution in [3.05, 3.63) is 23.3 Å². The summed E-state index contributed by atoms with van der Waals surface area (Å²) in [5.74, 6) is 2.05. The van der Waals surface area contributed by atoms with Crippen LogP contribution in [0.4, 0.5) is 9.59 Å². The first kappa shape index (κ1) is 38.0. The van der Waals surface area contributed by atoms with Gasteiger partial charge in [0.25, 0.3) is 0 Å². The van der Waals surface area contributed by atoms with Crippen LogP contribution in [0.15, 0.2) is 23.3 Å². The molecule has 9 nitrogen and oxygen atoms in total. The molecule has 0 amide bonds. The maximum absolute atomic E-state index is 12.5. The molecule has 0 aromatic rings. The molecule has 10 atom stereocenters. The third-order valence-electron chi connectivity index (χ3n) is 12.4. The number of thiocarbonyl (C=S) groups is 1. The van der Waals surface area contributed by atoms with E-state index in [0.717, 1.165) is 31.3 Å². The second-order valence-corrected chi connectivity index (χ2v) is 16.4. The number of hydrogen-bond acceptors (Lipinski definition) is 11. The molecular formula is C36H56O9S2. The predicted molar refractivity (Wildman–Crippen MR) is 186 cm³/mol. The lowest BCUT2D eigenvalue weighted by Gasteiger charge is -2.57. The van der Waals surface area contributed by atoms with Crippen molar-refractivity contribution in [1.29, 1.82) is 0 Å². The average Bonchev–Trinajstić information content (AvgIpc) is 3.40. The van der Waals surface area contributed by atoms with Crippen LogP contribution in [0.2, 0.25) is 0 Å². The molecule has 0 heterocycles. The quantitative estimate of drug-likeness (QED) is 0.118. The van der Waals surface area contributed by atoms with Gasteiger partial charge in [-0.15, -0.1) is 0 Å². The van der Waals surface area contributed by atoms with Crippen molar-refractivity contribution in [1.82, 2.24) is 0 Å². The third-order valence-corrected chi connectivity index (χ3v) is 13.4. The number of fused-ring (bicyclic) bond motifs is 5. The normalized spacial score (nSPS) is 33.4. The lowest BCUT2D eigenvalue weighted by atomic mass is 9.49. The molecule has 0 unspecified atom stereocenters. The van der Waals surface area contributed by atoms with Crippen LogP contribution in [-0.4, -0.2) is 75.0 Å². The fraction of sp³-hybridized carbons (Fsp3) is 0.806. The number of carbonyl (C=O) groups excluding carboxylic acids is 2. The van der Waals surface area contributed by atoms with Gasteiger partial charge in [-0.05, 0) is 99.4 Å². The highest BCUT2D eigenvalue weighted by Gasteiger charge is 2.60. The van der Waals surface area contributed by atoms with Gasteiger partial charge in [0.15, 0.2) is 0 Å². The molecule has 4 rings (SSSR count). The molecule has 4 aliphatic rings. The second kappa shape index (κ2) is 15.4. The molecule has 0 N–H and O–H groups in total. The zero-order chi connectivity index (χ0) is 34.7. The van der Waals surface area contributed by atoms with E-state index in [1.807, 2.05) is 6.26 Å². The first-order valence-corrected chi connectivity index (χ1v) is 18.6. The Morgan fingerprint density at radius 3 is 2.34 bits per heavy atom. The van der Waals surface area contributed by atoms with Crippen LogP contribution in [0, 0.1) is 40.4 Å². The van der Waals surface area contributed by atoms with Crippen molar-refractivity contribution in [3.63, 3.8) is 0 Å². The second-order valence-electron chi connectivity index (χ2n) is 15.0. The summed E-state index contributed by atoms with van der Waals surface area (Å²) >= 11 is 6.93. The highest BCUT2D eigenvalue weighted by atomic mass is 32.2. The first-order chi connectivity index (χ1) is 22.2. The summed E-state index contributed by atoms with van der Waals surface area (Å²) in [5.41, 5.74) is 1.78. The van der Waals surface area contributed by atoms with E-state index in [1.165, 1.54) is 38.0 Å². The van der Waals surface area contributed by atoms with Crippen molar-refractivity contribution in [3.8, 4) is 0 Å². The van der Waals surface area contributed by atoms with Gasteiger partial charge in [0, 0.05) is 25.4 Å². The van der Waals surface area contributed by atoms with Crippen molar-refractivity contribution in [2.45, 2.75) is 110 Å². The molecule has 0 aliphatic heterocycles. The number of methoxy groups -OCH3 is 3. The van der Waals surface area contributed by atoms with E-state index < -0.39 is 35.5 Å². The molecule has 3 saturated carbocycles. The standard InChI is InChI=1S/C36H56O9S2/c1-21(17-29(45-33(46)47-10)34(3,4)42-20-39-7)22(2)26-13-14-27-25-12-11-23-18-24(43-31(37)40-8)19-30(44-32(38)41-9)36(23,6)28(25)15-16-35(26,27)5/h11-12,21-22,24,26-30H,13-20H2,1-10H3/t21-,22-,24-,26-,27+,28+,29-,30+,35-,36+/m1/s1. The van der Waals surface area contributed by atoms with Crippen molar-refractivity contribution < 1.29 is 42.7 Å². The molecule has 3 fully saturated rings. The Labute approximate surface area is 291 Å². The summed E-state index contributed by atoms with van der Waals surface area (Å²) in [6, 6.07) is 0. The summed E-state index contributed by atoms with van der Waals surface area (Å²) in [7, 11) is 4.25. The van der Waals surface area contributed by atoms with Gasteiger partial charge in [0.05, 0.1) is 14.2 Å². The van der Waals surface area contributed by atoms with E-state index in [-0.39, 0.29) is 24.2 Å². The summed E-state index contributed by atoms with van der Waals surface area (Å²) in [4.78, 5) is 24.5. The van der Waals surface area contributed by atoms with Crippen LogP contribution in [0.3, 0.4) is 0 Å². The van der Waals surface area contributed by atoms with Crippen molar-refractivity contribution >= 4 is 40.7 Å². The molecule has 0 saturated heterocycles. The summed E-state index contributed by atoms with van der Waals surface area (Å²) < 4.78 is 39.4. The topological polar surface area (TPSA) is 98.8 Å². The Hall–Kier alpha value is -1.82. The van der Waals surface area contributed by atoms with Crippen LogP contribution >= 0.6 is 24.0 Å². The van der Waals surface area contributed by atoms with E-state index >= 15 is 0 Å². The minimum absolute atomic E-state index is 0.147. The minimum Gasteiger partial charge on any atom is -0.472 e. The largest absolute Gasteiger partial charge is 0.508 e. The van der Waals surface area contributed by atoms with Crippen LogP contribution in [0.1, 0.15) is 86.5 Å². The van der Waals surface area contributed by atoms with Gasteiger partial charge in [-0.25, -0.2) is 9.59 Å². The summed E-state index contributed by atoms with van der Waals surface area (Å²) in [6.07, 6.45) is 10.1. The Kier molecular flexibility index (Phi) is 12.4. The number of allylic oxidation sites excluding steroid dienone is 3. The van der Waals surface area contributed by atoms with Gasteiger partial charge in [0.2, 0.25) is 4.38 Å². The first-order valence-electron chi connectivity index (χ1n) is 16.9. The monoisotopic (exact) mass is 696 g/mol. The molecule has 0 bridgehead atoms. The SMILES string of the molecule is COCOC(C)(C)[C@@H](C[C@@H](C)[C@@H](C)[C@H]1CC[C@H]2C3=CC=C4C[C@@H](OC(=O)OC)C[C@H](OC(=O)OC)[C@]4(C)[C@H]3CC[C@]12C)OC(=S)SC. The number of carbonyl (C=O) groups is 2. The molecule has 11 heteroatoms. The molecule has 4 aliphatic carbocycles. The van der Waals surface area contributed by atoms with Crippen molar-refractivity contribution in [2.75, 3.05) is 34.4 Å². The van der Waals surface area contributed by atoms with Gasteiger partial charge >= 0.3 is 12.3 Å². The summed E-state index contributed by atoms with van der Waals surface area (Å²) in [6.45, 7) is 13.8. The van der Waals surface area contributed by atoms with Gasteiger partial charge in [-0.3, -0.25) is 0 Å². The zero-order valence-electron chi connectivity index (χ0n) is 29.9. The number of thioether (sulfide) groups is 1. The van der Waals surface area contributed by atoms with Crippen LogP contribution in [0.5, 0.6) is 0 Å². The van der Waals surface area contributed by atoms with Crippen molar-refractivity contribution in [2.24, 2.45) is 40.4 Å². The number of rotatable bonds is 11. The maximum atomic E-state index is 12.5.